The van der Waals surface area contributed by atoms with Crippen LogP contribution in [0.1, 0.15) is 122 Å². The van der Waals surface area contributed by atoms with Crippen LogP contribution in [-0.4, -0.2) is 19.1 Å². The second-order valence-electron chi connectivity index (χ2n) is 11.0. The zero-order valence-corrected chi connectivity index (χ0v) is 24.4. The van der Waals surface area contributed by atoms with Gasteiger partial charge in [0, 0.05) is 6.54 Å². The maximum Gasteiger partial charge on any atom is 0.296 e. The molecule has 2 N–H and O–H groups in total. The highest BCUT2D eigenvalue weighted by atomic mass is 32.2. The van der Waals surface area contributed by atoms with E-state index >= 15 is 0 Å². The average Bonchev–Trinajstić information content (AvgIpc) is 3.25. The molecular formula is C32H50N2O3S. The van der Waals surface area contributed by atoms with Crippen molar-refractivity contribution in [3.63, 3.8) is 0 Å². The van der Waals surface area contributed by atoms with Crippen molar-refractivity contribution in [2.75, 3.05) is 10.2 Å². The molecule has 0 amide bonds. The van der Waals surface area contributed by atoms with E-state index in [0.717, 1.165) is 18.5 Å². The Bertz CT molecular complexity index is 1030. The standard InChI is InChI=1S/C32H50N2O3S/c1-2-3-4-5-6-7-8-9-10-11-12-13-14-15-16-20-26-31-33-32-29(24-21-25-30(32)38(35,36)37)34(31)27-28-22-18-17-19-23-28/h17-19,21-25,31,33H,2-16,20,26-27H2,1H3,(H,35,36,37). The number of benzene rings is 2. The van der Waals surface area contributed by atoms with Crippen LogP contribution in [0, 0.1) is 0 Å². The number of para-hydroxylation sites is 1. The molecule has 0 aliphatic carbocycles. The first kappa shape index (κ1) is 30.5. The van der Waals surface area contributed by atoms with Gasteiger partial charge in [-0.2, -0.15) is 8.42 Å². The Balaban J connectivity index is 1.34. The molecule has 38 heavy (non-hydrogen) atoms. The van der Waals surface area contributed by atoms with Crippen LogP contribution >= 0.6 is 0 Å². The predicted molar refractivity (Wildman–Crippen MR) is 160 cm³/mol. The van der Waals surface area contributed by atoms with Crippen LogP contribution in [0.3, 0.4) is 0 Å². The summed E-state index contributed by atoms with van der Waals surface area (Å²) in [4.78, 5) is 2.20. The van der Waals surface area contributed by atoms with E-state index in [9.17, 15) is 13.0 Å². The smallest absolute Gasteiger partial charge is 0.296 e. The van der Waals surface area contributed by atoms with Gasteiger partial charge < -0.3 is 10.2 Å². The number of hydrogen-bond acceptors (Lipinski definition) is 4. The van der Waals surface area contributed by atoms with Crippen molar-refractivity contribution < 1.29 is 13.0 Å². The normalized spacial score (nSPS) is 15.0. The molecule has 1 atom stereocenters. The molecular weight excluding hydrogens is 492 g/mol. The number of hydrogen-bond donors (Lipinski definition) is 2. The van der Waals surface area contributed by atoms with Crippen LogP contribution in [0.15, 0.2) is 53.4 Å². The van der Waals surface area contributed by atoms with Gasteiger partial charge in [0.05, 0.1) is 17.5 Å². The summed E-state index contributed by atoms with van der Waals surface area (Å²) in [5, 5.41) is 3.42. The highest BCUT2D eigenvalue weighted by Crippen LogP contribution is 2.41. The number of nitrogens with one attached hydrogen (secondary N) is 1. The average molecular weight is 543 g/mol. The van der Waals surface area contributed by atoms with Crippen molar-refractivity contribution in [3.8, 4) is 0 Å². The molecule has 0 aromatic heterocycles. The Kier molecular flexibility index (Phi) is 13.5. The number of nitrogens with zero attached hydrogens (tertiary/aromatic N) is 1. The molecule has 0 saturated heterocycles. The van der Waals surface area contributed by atoms with Crippen LogP contribution in [-0.2, 0) is 16.7 Å². The minimum atomic E-state index is -4.29. The maximum absolute atomic E-state index is 12.0. The summed E-state index contributed by atoms with van der Waals surface area (Å²) in [6, 6.07) is 15.4. The van der Waals surface area contributed by atoms with Crippen LogP contribution in [0.4, 0.5) is 11.4 Å². The van der Waals surface area contributed by atoms with Crippen molar-refractivity contribution in [2.24, 2.45) is 0 Å². The molecule has 1 aliphatic heterocycles. The maximum atomic E-state index is 12.0. The van der Waals surface area contributed by atoms with E-state index in [1.165, 1.54) is 108 Å². The lowest BCUT2D eigenvalue weighted by Crippen LogP contribution is -2.35. The summed E-state index contributed by atoms with van der Waals surface area (Å²) >= 11 is 0. The first-order chi connectivity index (χ1) is 18.5. The summed E-state index contributed by atoms with van der Waals surface area (Å²) < 4.78 is 33.7. The minimum Gasteiger partial charge on any atom is -0.362 e. The third-order valence-electron chi connectivity index (χ3n) is 7.81. The Morgan fingerprint density at radius 1 is 0.711 bits per heavy atom. The van der Waals surface area contributed by atoms with Crippen molar-refractivity contribution in [1.82, 2.24) is 0 Å². The quantitative estimate of drug-likeness (QED) is 0.129. The van der Waals surface area contributed by atoms with E-state index in [0.29, 0.717) is 12.2 Å². The van der Waals surface area contributed by atoms with Crippen molar-refractivity contribution in [1.29, 1.82) is 0 Å². The number of unbranched alkanes of at least 4 members (excludes halogenated alkanes) is 15. The fraction of sp³-hybridized carbons (Fsp3) is 0.625. The van der Waals surface area contributed by atoms with Crippen molar-refractivity contribution in [3.05, 3.63) is 54.1 Å². The summed E-state index contributed by atoms with van der Waals surface area (Å²) in [5.41, 5.74) is 2.54. The van der Waals surface area contributed by atoms with Crippen LogP contribution in [0.5, 0.6) is 0 Å². The molecule has 1 aliphatic rings. The zero-order chi connectivity index (χ0) is 27.1. The second-order valence-corrected chi connectivity index (χ2v) is 12.4. The highest BCUT2D eigenvalue weighted by Gasteiger charge is 2.32. The molecule has 6 heteroatoms. The lowest BCUT2D eigenvalue weighted by atomic mass is 10.0. The highest BCUT2D eigenvalue weighted by molar-refractivity contribution is 7.86. The topological polar surface area (TPSA) is 69.6 Å². The Morgan fingerprint density at radius 3 is 1.76 bits per heavy atom. The van der Waals surface area contributed by atoms with Gasteiger partial charge in [-0.3, -0.25) is 4.55 Å². The van der Waals surface area contributed by atoms with Crippen LogP contribution in [0.2, 0.25) is 0 Å². The van der Waals surface area contributed by atoms with Gasteiger partial charge in [0.2, 0.25) is 0 Å². The van der Waals surface area contributed by atoms with Gasteiger partial charge in [-0.05, 0) is 30.5 Å². The minimum absolute atomic E-state index is 0.0137. The second kappa shape index (κ2) is 16.8. The SMILES string of the molecule is CCCCCCCCCCCCCCCCCCC1Nc2c(cccc2S(=O)(=O)O)N1Cc1ccccc1. The van der Waals surface area contributed by atoms with E-state index in [1.54, 1.807) is 6.07 Å². The van der Waals surface area contributed by atoms with Gasteiger partial charge in [-0.15, -0.1) is 0 Å². The molecule has 0 bridgehead atoms. The van der Waals surface area contributed by atoms with Gasteiger partial charge in [-0.1, -0.05) is 140 Å². The van der Waals surface area contributed by atoms with Crippen molar-refractivity contribution >= 4 is 21.5 Å². The molecule has 5 nitrogen and oxygen atoms in total. The molecule has 3 rings (SSSR count). The van der Waals surface area contributed by atoms with E-state index < -0.39 is 10.1 Å². The van der Waals surface area contributed by atoms with E-state index in [-0.39, 0.29) is 11.1 Å². The first-order valence-corrected chi connectivity index (χ1v) is 16.6. The predicted octanol–water partition coefficient (Wildman–Crippen LogP) is 9.34. The van der Waals surface area contributed by atoms with Crippen LogP contribution < -0.4 is 10.2 Å². The third-order valence-corrected chi connectivity index (χ3v) is 8.70. The summed E-state index contributed by atoms with van der Waals surface area (Å²) in [6.45, 7) is 2.97. The Hall–Kier alpha value is -2.05. The fourth-order valence-electron chi connectivity index (χ4n) is 5.62. The molecule has 2 aromatic rings. The van der Waals surface area contributed by atoms with Gasteiger partial charge >= 0.3 is 0 Å². The Morgan fingerprint density at radius 2 is 1.24 bits per heavy atom. The van der Waals surface area contributed by atoms with Gasteiger partial charge in [0.1, 0.15) is 4.90 Å². The van der Waals surface area contributed by atoms with E-state index in [2.05, 4.69) is 29.3 Å². The number of anilines is 2. The molecule has 1 heterocycles. The molecule has 0 radical (unpaired) electrons. The Labute approximate surface area is 232 Å². The molecule has 1 unspecified atom stereocenters. The van der Waals surface area contributed by atoms with Gasteiger partial charge in [0.15, 0.2) is 0 Å². The summed E-state index contributed by atoms with van der Waals surface area (Å²) in [6.07, 6.45) is 22.5. The zero-order valence-electron chi connectivity index (χ0n) is 23.5. The third kappa shape index (κ3) is 10.3. The first-order valence-electron chi connectivity index (χ1n) is 15.2. The van der Waals surface area contributed by atoms with Crippen molar-refractivity contribution in [2.45, 2.75) is 134 Å². The fourth-order valence-corrected chi connectivity index (χ4v) is 6.29. The van der Waals surface area contributed by atoms with Gasteiger partial charge in [0.25, 0.3) is 10.1 Å². The van der Waals surface area contributed by atoms with E-state index in [1.807, 2.05) is 24.3 Å². The molecule has 0 fully saturated rings. The van der Waals surface area contributed by atoms with E-state index in [4.69, 9.17) is 0 Å². The van der Waals surface area contributed by atoms with Gasteiger partial charge in [-0.25, -0.2) is 0 Å². The molecule has 0 spiro atoms. The largest absolute Gasteiger partial charge is 0.362 e. The lowest BCUT2D eigenvalue weighted by molar-refractivity contribution is 0.483. The lowest BCUT2D eigenvalue weighted by Gasteiger charge is -2.27. The number of rotatable bonds is 20. The summed E-state index contributed by atoms with van der Waals surface area (Å²) in [7, 11) is -4.29. The molecule has 212 valence electrons. The van der Waals surface area contributed by atoms with Crippen LogP contribution in [0.25, 0.3) is 0 Å². The number of fused-ring (bicyclic) bond motifs is 1. The summed E-state index contributed by atoms with van der Waals surface area (Å²) in [5.74, 6) is 0. The molecule has 2 aromatic carbocycles. The molecule has 0 saturated carbocycles. The monoisotopic (exact) mass is 542 g/mol.